The van der Waals surface area contributed by atoms with Gasteiger partial charge in [-0.15, -0.1) is 11.3 Å². The number of carbonyl (C=O) groups is 1. The number of fused-ring (bicyclic) bond motifs is 1. The summed E-state index contributed by atoms with van der Waals surface area (Å²) in [6.45, 7) is 1.43. The number of para-hydroxylation sites is 2. The van der Waals surface area contributed by atoms with Gasteiger partial charge < -0.3 is 10.2 Å². The number of thiazole rings is 1. The van der Waals surface area contributed by atoms with Crippen LogP contribution in [0.25, 0.3) is 10.2 Å². The number of halogens is 1. The van der Waals surface area contributed by atoms with E-state index in [1.165, 1.54) is 16.0 Å². The molecule has 1 fully saturated rings. The third-order valence-corrected chi connectivity index (χ3v) is 6.36. The van der Waals surface area contributed by atoms with Crippen molar-refractivity contribution in [1.29, 1.82) is 0 Å². The lowest BCUT2D eigenvalue weighted by atomic mass is 10.0. The molecule has 0 bridgehead atoms. The standard InChI is InChI=1S/C20H20ClN3OS/c21-14-7-1-2-8-15(14)22-19(25)13-24-12-6-5-10-17(24)20-23-16-9-3-4-11-18(16)26-20/h1-4,7-9,11,17H,5-6,10,12-13H2,(H,22,25)/p+1/t17-/m1/s1. The maximum atomic E-state index is 12.6. The number of likely N-dealkylation sites (tertiary alicyclic amines) is 1. The van der Waals surface area contributed by atoms with Crippen LogP contribution in [0.4, 0.5) is 5.69 Å². The summed E-state index contributed by atoms with van der Waals surface area (Å²) in [5.74, 6) is 0.00103. The highest BCUT2D eigenvalue weighted by Crippen LogP contribution is 2.28. The number of nitrogens with one attached hydrogen (secondary N) is 2. The third-order valence-electron chi connectivity index (χ3n) is 4.88. The minimum Gasteiger partial charge on any atom is -0.320 e. The zero-order valence-electron chi connectivity index (χ0n) is 14.4. The van der Waals surface area contributed by atoms with Gasteiger partial charge in [-0.3, -0.25) is 4.79 Å². The van der Waals surface area contributed by atoms with Gasteiger partial charge in [0.15, 0.2) is 11.6 Å². The number of aromatic nitrogens is 1. The highest BCUT2D eigenvalue weighted by molar-refractivity contribution is 7.18. The molecule has 2 atom stereocenters. The Morgan fingerprint density at radius 2 is 2.00 bits per heavy atom. The first-order valence-corrected chi connectivity index (χ1v) is 10.1. The predicted molar refractivity (Wildman–Crippen MR) is 107 cm³/mol. The molecular weight excluding hydrogens is 366 g/mol. The SMILES string of the molecule is O=C(C[NH+]1CCCC[C@@H]1c1nc2ccccc2s1)Nc1ccccc1Cl. The first kappa shape index (κ1) is 17.5. The number of amides is 1. The van der Waals surface area contributed by atoms with Crippen molar-refractivity contribution in [2.45, 2.75) is 25.3 Å². The number of anilines is 1. The molecule has 26 heavy (non-hydrogen) atoms. The van der Waals surface area contributed by atoms with Gasteiger partial charge in [0, 0.05) is 6.42 Å². The summed E-state index contributed by atoms with van der Waals surface area (Å²) in [6, 6.07) is 15.9. The molecule has 2 N–H and O–H groups in total. The number of benzene rings is 2. The van der Waals surface area contributed by atoms with Gasteiger partial charge >= 0.3 is 0 Å². The van der Waals surface area contributed by atoms with E-state index in [-0.39, 0.29) is 11.9 Å². The van der Waals surface area contributed by atoms with Crippen molar-refractivity contribution >= 4 is 44.7 Å². The largest absolute Gasteiger partial charge is 0.320 e. The molecule has 1 aliphatic rings. The maximum absolute atomic E-state index is 12.6. The fourth-order valence-electron chi connectivity index (χ4n) is 3.59. The Bertz CT molecular complexity index is 893. The molecule has 1 aromatic heterocycles. The van der Waals surface area contributed by atoms with E-state index in [1.807, 2.05) is 30.3 Å². The molecule has 1 amide bonds. The van der Waals surface area contributed by atoms with Gasteiger partial charge in [-0.2, -0.15) is 0 Å². The summed E-state index contributed by atoms with van der Waals surface area (Å²) < 4.78 is 1.22. The van der Waals surface area contributed by atoms with Crippen LogP contribution >= 0.6 is 22.9 Å². The Morgan fingerprint density at radius 1 is 1.19 bits per heavy atom. The van der Waals surface area contributed by atoms with Gasteiger partial charge in [-0.25, -0.2) is 4.98 Å². The third kappa shape index (κ3) is 3.75. The molecule has 4 rings (SSSR count). The van der Waals surface area contributed by atoms with Crippen molar-refractivity contribution in [1.82, 2.24) is 4.98 Å². The Morgan fingerprint density at radius 3 is 2.85 bits per heavy atom. The second kappa shape index (κ2) is 7.74. The molecule has 0 saturated carbocycles. The molecule has 2 heterocycles. The Balaban J connectivity index is 1.50. The minimum absolute atomic E-state index is 0.00103. The van der Waals surface area contributed by atoms with Crippen molar-refractivity contribution in [3.63, 3.8) is 0 Å². The van der Waals surface area contributed by atoms with Gasteiger partial charge in [0.25, 0.3) is 5.91 Å². The molecule has 0 spiro atoms. The summed E-state index contributed by atoms with van der Waals surface area (Å²) >= 11 is 7.91. The average molecular weight is 387 g/mol. The van der Waals surface area contributed by atoms with E-state index in [0.717, 1.165) is 29.9 Å². The fraction of sp³-hybridized carbons (Fsp3) is 0.300. The van der Waals surface area contributed by atoms with Crippen molar-refractivity contribution in [2.24, 2.45) is 0 Å². The normalized spacial score (nSPS) is 20.2. The highest BCUT2D eigenvalue weighted by Gasteiger charge is 2.32. The minimum atomic E-state index is 0.00103. The quantitative estimate of drug-likeness (QED) is 0.718. The van der Waals surface area contributed by atoms with E-state index in [1.54, 1.807) is 17.4 Å². The molecule has 0 radical (unpaired) electrons. The molecule has 1 aliphatic heterocycles. The van der Waals surface area contributed by atoms with E-state index in [4.69, 9.17) is 16.6 Å². The van der Waals surface area contributed by atoms with Crippen LogP contribution in [0.1, 0.15) is 30.3 Å². The molecule has 2 aromatic carbocycles. The zero-order valence-corrected chi connectivity index (χ0v) is 15.9. The zero-order chi connectivity index (χ0) is 17.9. The molecule has 0 aliphatic carbocycles. The number of nitrogens with zero attached hydrogens (tertiary/aromatic N) is 1. The van der Waals surface area contributed by atoms with Crippen LogP contribution in [0.15, 0.2) is 48.5 Å². The number of carbonyl (C=O) groups excluding carboxylic acids is 1. The second-order valence-corrected chi connectivity index (χ2v) is 8.15. The highest BCUT2D eigenvalue weighted by atomic mass is 35.5. The topological polar surface area (TPSA) is 46.4 Å². The van der Waals surface area contributed by atoms with Crippen LogP contribution in [0.5, 0.6) is 0 Å². The number of hydrogen-bond donors (Lipinski definition) is 2. The average Bonchev–Trinajstić information content (AvgIpc) is 3.08. The molecular formula is C20H21ClN3OS+. The molecule has 1 saturated heterocycles. The van der Waals surface area contributed by atoms with Crippen LogP contribution in [-0.2, 0) is 4.79 Å². The van der Waals surface area contributed by atoms with E-state index in [9.17, 15) is 4.79 Å². The van der Waals surface area contributed by atoms with Gasteiger partial charge in [-0.05, 0) is 37.1 Å². The molecule has 4 nitrogen and oxygen atoms in total. The predicted octanol–water partition coefficient (Wildman–Crippen LogP) is 3.70. The summed E-state index contributed by atoms with van der Waals surface area (Å²) in [5, 5.41) is 4.66. The lowest BCUT2D eigenvalue weighted by Gasteiger charge is -2.30. The van der Waals surface area contributed by atoms with Gasteiger partial charge in [0.1, 0.15) is 6.04 Å². The van der Waals surface area contributed by atoms with Crippen LogP contribution in [-0.4, -0.2) is 24.0 Å². The summed E-state index contributed by atoms with van der Waals surface area (Å²) in [7, 11) is 0. The van der Waals surface area contributed by atoms with Crippen molar-refractivity contribution in [2.75, 3.05) is 18.4 Å². The first-order chi connectivity index (χ1) is 12.7. The molecule has 1 unspecified atom stereocenters. The Hall–Kier alpha value is -1.95. The Kier molecular flexibility index (Phi) is 5.20. The number of quaternary nitrogens is 1. The summed E-state index contributed by atoms with van der Waals surface area (Å²) in [6.07, 6.45) is 3.42. The monoisotopic (exact) mass is 386 g/mol. The van der Waals surface area contributed by atoms with E-state index >= 15 is 0 Å². The van der Waals surface area contributed by atoms with Gasteiger partial charge in [0.2, 0.25) is 0 Å². The van der Waals surface area contributed by atoms with Gasteiger partial charge in [-0.1, -0.05) is 35.9 Å². The van der Waals surface area contributed by atoms with Crippen molar-refractivity contribution in [3.05, 3.63) is 58.6 Å². The smallest absolute Gasteiger partial charge is 0.279 e. The van der Waals surface area contributed by atoms with E-state index < -0.39 is 0 Å². The fourth-order valence-corrected chi connectivity index (χ4v) is 4.93. The van der Waals surface area contributed by atoms with Crippen molar-refractivity contribution < 1.29 is 9.69 Å². The number of piperidine rings is 1. The van der Waals surface area contributed by atoms with E-state index in [2.05, 4.69) is 17.4 Å². The summed E-state index contributed by atoms with van der Waals surface area (Å²) in [5.41, 5.74) is 1.73. The lowest BCUT2D eigenvalue weighted by molar-refractivity contribution is -0.929. The molecule has 3 aromatic rings. The maximum Gasteiger partial charge on any atom is 0.279 e. The van der Waals surface area contributed by atoms with E-state index in [0.29, 0.717) is 17.3 Å². The summed E-state index contributed by atoms with van der Waals surface area (Å²) in [4.78, 5) is 18.7. The number of hydrogen-bond acceptors (Lipinski definition) is 3. The molecule has 6 heteroatoms. The van der Waals surface area contributed by atoms with Crippen LogP contribution < -0.4 is 10.2 Å². The van der Waals surface area contributed by atoms with Gasteiger partial charge in [0.05, 0.1) is 27.5 Å². The van der Waals surface area contributed by atoms with Crippen molar-refractivity contribution in [3.8, 4) is 0 Å². The Labute approximate surface area is 161 Å². The lowest BCUT2D eigenvalue weighted by Crippen LogP contribution is -3.14. The second-order valence-electron chi connectivity index (χ2n) is 6.68. The first-order valence-electron chi connectivity index (χ1n) is 8.95. The van der Waals surface area contributed by atoms with Crippen LogP contribution in [0, 0.1) is 0 Å². The molecule has 134 valence electrons. The van der Waals surface area contributed by atoms with Crippen LogP contribution in [0.3, 0.4) is 0 Å². The van der Waals surface area contributed by atoms with Crippen LogP contribution in [0.2, 0.25) is 5.02 Å². The number of rotatable bonds is 4.